The SMILES string of the molecule is CCOC(=O)CNC(=O)N1CCN(Cc2nc3ccc(Cl)cc3o2)CC1. The van der Waals surface area contributed by atoms with Gasteiger partial charge in [-0.2, -0.15) is 0 Å². The molecule has 26 heavy (non-hydrogen) atoms. The van der Waals surface area contributed by atoms with Crippen molar-refractivity contribution in [1.82, 2.24) is 20.1 Å². The third-order valence-electron chi connectivity index (χ3n) is 4.10. The second-order valence-electron chi connectivity index (χ2n) is 5.95. The zero-order valence-electron chi connectivity index (χ0n) is 14.5. The fourth-order valence-electron chi connectivity index (χ4n) is 2.79. The van der Waals surface area contributed by atoms with Crippen molar-refractivity contribution in [2.45, 2.75) is 13.5 Å². The monoisotopic (exact) mass is 380 g/mol. The van der Waals surface area contributed by atoms with Crippen molar-refractivity contribution >= 4 is 34.7 Å². The van der Waals surface area contributed by atoms with E-state index in [1.54, 1.807) is 24.0 Å². The van der Waals surface area contributed by atoms with Gasteiger partial charge in [0.25, 0.3) is 0 Å². The largest absolute Gasteiger partial charge is 0.465 e. The number of esters is 1. The summed E-state index contributed by atoms with van der Waals surface area (Å²) in [5.74, 6) is 0.193. The van der Waals surface area contributed by atoms with Gasteiger partial charge in [-0.1, -0.05) is 11.6 Å². The van der Waals surface area contributed by atoms with Crippen LogP contribution in [-0.4, -0.2) is 66.1 Å². The lowest BCUT2D eigenvalue weighted by molar-refractivity contribution is -0.141. The van der Waals surface area contributed by atoms with E-state index in [1.165, 1.54) is 0 Å². The normalized spacial score (nSPS) is 15.2. The van der Waals surface area contributed by atoms with Crippen LogP contribution in [0.2, 0.25) is 5.02 Å². The number of nitrogens with one attached hydrogen (secondary N) is 1. The summed E-state index contributed by atoms with van der Waals surface area (Å²) in [7, 11) is 0. The van der Waals surface area contributed by atoms with E-state index in [9.17, 15) is 9.59 Å². The Kier molecular flexibility index (Phi) is 5.95. The van der Waals surface area contributed by atoms with Crippen molar-refractivity contribution in [1.29, 1.82) is 0 Å². The lowest BCUT2D eigenvalue weighted by Crippen LogP contribution is -2.52. The molecule has 1 aromatic carbocycles. The van der Waals surface area contributed by atoms with Gasteiger partial charge in [0, 0.05) is 37.3 Å². The molecule has 9 heteroatoms. The molecule has 1 aromatic heterocycles. The van der Waals surface area contributed by atoms with Gasteiger partial charge in [0.1, 0.15) is 12.1 Å². The Hall–Kier alpha value is -2.32. The van der Waals surface area contributed by atoms with E-state index in [1.807, 2.05) is 6.07 Å². The number of amides is 2. The van der Waals surface area contributed by atoms with Crippen molar-refractivity contribution in [3.8, 4) is 0 Å². The number of hydrogen-bond acceptors (Lipinski definition) is 6. The molecule has 0 aliphatic carbocycles. The van der Waals surface area contributed by atoms with Gasteiger partial charge in [-0.25, -0.2) is 9.78 Å². The van der Waals surface area contributed by atoms with Crippen molar-refractivity contribution in [2.24, 2.45) is 0 Å². The van der Waals surface area contributed by atoms with Gasteiger partial charge in [-0.15, -0.1) is 0 Å². The number of carbonyl (C=O) groups excluding carboxylic acids is 2. The number of nitrogens with zero attached hydrogens (tertiary/aromatic N) is 3. The lowest BCUT2D eigenvalue weighted by Gasteiger charge is -2.33. The maximum atomic E-state index is 12.1. The quantitative estimate of drug-likeness (QED) is 0.797. The first-order chi connectivity index (χ1) is 12.5. The molecule has 3 rings (SSSR count). The summed E-state index contributed by atoms with van der Waals surface area (Å²) in [4.78, 5) is 31.7. The third-order valence-corrected chi connectivity index (χ3v) is 4.34. The molecule has 1 fully saturated rings. The summed E-state index contributed by atoms with van der Waals surface area (Å²) in [6.45, 7) is 5.03. The van der Waals surface area contributed by atoms with E-state index in [-0.39, 0.29) is 12.6 Å². The smallest absolute Gasteiger partial charge is 0.325 e. The molecule has 2 amide bonds. The Morgan fingerprint density at radius 1 is 1.31 bits per heavy atom. The molecule has 2 heterocycles. The molecule has 140 valence electrons. The molecule has 0 radical (unpaired) electrons. The van der Waals surface area contributed by atoms with Gasteiger partial charge in [0.2, 0.25) is 5.89 Å². The van der Waals surface area contributed by atoms with Gasteiger partial charge < -0.3 is 19.4 Å². The minimum atomic E-state index is -0.435. The maximum Gasteiger partial charge on any atom is 0.325 e. The first-order valence-corrected chi connectivity index (χ1v) is 8.88. The van der Waals surface area contributed by atoms with E-state index >= 15 is 0 Å². The molecule has 0 spiro atoms. The summed E-state index contributed by atoms with van der Waals surface area (Å²) in [5.41, 5.74) is 1.45. The predicted octanol–water partition coefficient (Wildman–Crippen LogP) is 1.87. The molecule has 1 saturated heterocycles. The van der Waals surface area contributed by atoms with Crippen LogP contribution in [-0.2, 0) is 16.1 Å². The zero-order chi connectivity index (χ0) is 18.5. The van der Waals surface area contributed by atoms with Crippen LogP contribution in [0.4, 0.5) is 4.79 Å². The van der Waals surface area contributed by atoms with Gasteiger partial charge in [0.05, 0.1) is 13.2 Å². The highest BCUT2D eigenvalue weighted by atomic mass is 35.5. The van der Waals surface area contributed by atoms with Crippen LogP contribution in [0.5, 0.6) is 0 Å². The number of halogens is 1. The lowest BCUT2D eigenvalue weighted by atomic mass is 10.3. The topological polar surface area (TPSA) is 87.9 Å². The Balaban J connectivity index is 1.47. The molecule has 2 aromatic rings. The number of rotatable bonds is 5. The maximum absolute atomic E-state index is 12.1. The molecule has 1 aliphatic rings. The van der Waals surface area contributed by atoms with Crippen molar-refractivity contribution in [3.05, 3.63) is 29.1 Å². The molecule has 0 bridgehead atoms. The van der Waals surface area contributed by atoms with E-state index < -0.39 is 5.97 Å². The number of ether oxygens (including phenoxy) is 1. The number of carbonyl (C=O) groups is 2. The van der Waals surface area contributed by atoms with Crippen molar-refractivity contribution in [2.75, 3.05) is 39.3 Å². The van der Waals surface area contributed by atoms with Crippen LogP contribution < -0.4 is 5.32 Å². The molecule has 0 unspecified atom stereocenters. The minimum absolute atomic E-state index is 0.113. The minimum Gasteiger partial charge on any atom is -0.465 e. The second-order valence-corrected chi connectivity index (χ2v) is 6.38. The van der Waals surface area contributed by atoms with E-state index in [2.05, 4.69) is 15.2 Å². The van der Waals surface area contributed by atoms with Crippen LogP contribution in [0.25, 0.3) is 11.1 Å². The summed E-state index contributed by atoms with van der Waals surface area (Å²) >= 11 is 5.96. The number of oxazole rings is 1. The highest BCUT2D eigenvalue weighted by Gasteiger charge is 2.22. The Morgan fingerprint density at radius 3 is 2.81 bits per heavy atom. The third kappa shape index (κ3) is 4.64. The fourth-order valence-corrected chi connectivity index (χ4v) is 2.95. The zero-order valence-corrected chi connectivity index (χ0v) is 15.3. The van der Waals surface area contributed by atoms with Crippen LogP contribution in [0.1, 0.15) is 12.8 Å². The van der Waals surface area contributed by atoms with Crippen LogP contribution in [0.3, 0.4) is 0 Å². The Labute approximate surface area is 156 Å². The molecule has 8 nitrogen and oxygen atoms in total. The summed E-state index contributed by atoms with van der Waals surface area (Å²) < 4.78 is 10.5. The van der Waals surface area contributed by atoms with E-state index in [0.29, 0.717) is 55.8 Å². The average molecular weight is 381 g/mol. The standard InChI is InChI=1S/C17H21ClN4O4/c1-2-25-16(23)10-19-17(24)22-7-5-21(6-8-22)11-15-20-13-4-3-12(18)9-14(13)26-15/h3-4,9H,2,5-8,10-11H2,1H3,(H,19,24). The summed E-state index contributed by atoms with van der Waals surface area (Å²) in [6, 6.07) is 5.11. The average Bonchev–Trinajstić information content (AvgIpc) is 3.02. The Morgan fingerprint density at radius 2 is 2.08 bits per heavy atom. The van der Waals surface area contributed by atoms with Gasteiger partial charge in [0.15, 0.2) is 5.58 Å². The predicted molar refractivity (Wildman–Crippen MR) is 95.9 cm³/mol. The highest BCUT2D eigenvalue weighted by molar-refractivity contribution is 6.31. The molecule has 0 saturated carbocycles. The number of fused-ring (bicyclic) bond motifs is 1. The van der Waals surface area contributed by atoms with Crippen LogP contribution in [0.15, 0.2) is 22.6 Å². The van der Waals surface area contributed by atoms with E-state index in [0.717, 1.165) is 5.52 Å². The molecular weight excluding hydrogens is 360 g/mol. The van der Waals surface area contributed by atoms with Crippen LogP contribution in [0, 0.1) is 0 Å². The first kappa shape index (κ1) is 18.5. The fraction of sp³-hybridized carbons (Fsp3) is 0.471. The number of aromatic nitrogens is 1. The van der Waals surface area contributed by atoms with Crippen molar-refractivity contribution < 1.29 is 18.7 Å². The van der Waals surface area contributed by atoms with Crippen molar-refractivity contribution in [3.63, 3.8) is 0 Å². The number of hydrogen-bond donors (Lipinski definition) is 1. The molecule has 1 aliphatic heterocycles. The van der Waals surface area contributed by atoms with Gasteiger partial charge >= 0.3 is 12.0 Å². The summed E-state index contributed by atoms with van der Waals surface area (Å²) in [6.07, 6.45) is 0. The summed E-state index contributed by atoms with van der Waals surface area (Å²) in [5, 5.41) is 3.19. The number of urea groups is 1. The number of benzene rings is 1. The number of piperazine rings is 1. The van der Waals surface area contributed by atoms with Gasteiger partial charge in [-0.05, 0) is 19.1 Å². The first-order valence-electron chi connectivity index (χ1n) is 8.51. The van der Waals surface area contributed by atoms with Crippen LogP contribution >= 0.6 is 11.6 Å². The Bertz CT molecular complexity index is 786. The highest BCUT2D eigenvalue weighted by Crippen LogP contribution is 2.21. The molecule has 1 N–H and O–H groups in total. The molecular formula is C17H21ClN4O4. The second kappa shape index (κ2) is 8.37. The molecule has 0 atom stereocenters. The van der Waals surface area contributed by atoms with Gasteiger partial charge in [-0.3, -0.25) is 9.69 Å². The van der Waals surface area contributed by atoms with E-state index in [4.69, 9.17) is 20.8 Å².